The molecule has 98 valence electrons. The smallest absolute Gasteiger partial charge is 0.151 e. The van der Waals surface area contributed by atoms with Crippen LogP contribution in [0.1, 0.15) is 32.1 Å². The van der Waals surface area contributed by atoms with Crippen LogP contribution in [0, 0.1) is 17.6 Å². The van der Waals surface area contributed by atoms with Crippen molar-refractivity contribution in [2.24, 2.45) is 5.92 Å². The quantitative estimate of drug-likeness (QED) is 0.734. The number of anilines is 2. The Hall–Kier alpha value is -1.32. The summed E-state index contributed by atoms with van der Waals surface area (Å²) in [5.41, 5.74) is 0.992. The molecule has 2 aliphatic rings. The lowest BCUT2D eigenvalue weighted by molar-refractivity contribution is 0.443. The standard InChI is InChI=1S/C14H18F2N2/c15-10-6-11(16)14-13(7-10)18-12-5-3-1-2-4-9(12)8-17-14/h6-7,9,12,17-18H,1-5,8H2. The van der Waals surface area contributed by atoms with E-state index in [0.29, 0.717) is 23.3 Å². The number of hydrogen-bond acceptors (Lipinski definition) is 2. The maximum Gasteiger partial charge on any atom is 0.151 e. The second-order valence-electron chi connectivity index (χ2n) is 5.34. The van der Waals surface area contributed by atoms with E-state index in [-0.39, 0.29) is 0 Å². The van der Waals surface area contributed by atoms with Gasteiger partial charge in [-0.25, -0.2) is 8.78 Å². The van der Waals surface area contributed by atoms with Crippen molar-refractivity contribution >= 4 is 11.4 Å². The highest BCUT2D eigenvalue weighted by Gasteiger charge is 2.28. The van der Waals surface area contributed by atoms with Crippen LogP contribution in [0.15, 0.2) is 12.1 Å². The van der Waals surface area contributed by atoms with E-state index in [1.54, 1.807) is 0 Å². The van der Waals surface area contributed by atoms with E-state index in [0.717, 1.165) is 25.5 Å². The summed E-state index contributed by atoms with van der Waals surface area (Å²) in [5, 5.41) is 6.48. The number of halogens is 2. The summed E-state index contributed by atoms with van der Waals surface area (Å²) in [5.74, 6) is -0.524. The van der Waals surface area contributed by atoms with E-state index in [9.17, 15) is 8.78 Å². The second kappa shape index (κ2) is 4.75. The van der Waals surface area contributed by atoms with E-state index in [2.05, 4.69) is 10.6 Å². The number of benzene rings is 1. The van der Waals surface area contributed by atoms with Crippen molar-refractivity contribution in [3.05, 3.63) is 23.8 Å². The fourth-order valence-corrected chi connectivity index (χ4v) is 3.12. The van der Waals surface area contributed by atoms with Gasteiger partial charge in [0.15, 0.2) is 5.82 Å². The third kappa shape index (κ3) is 2.16. The fourth-order valence-electron chi connectivity index (χ4n) is 3.12. The van der Waals surface area contributed by atoms with Crippen LogP contribution in [0.3, 0.4) is 0 Å². The molecule has 2 nitrogen and oxygen atoms in total. The third-order valence-corrected chi connectivity index (χ3v) is 4.10. The lowest BCUT2D eigenvalue weighted by Crippen LogP contribution is -2.30. The molecule has 1 fully saturated rings. The molecule has 1 aromatic carbocycles. The maximum atomic E-state index is 13.7. The van der Waals surface area contributed by atoms with Crippen molar-refractivity contribution in [2.45, 2.75) is 38.1 Å². The highest BCUT2D eigenvalue weighted by molar-refractivity contribution is 5.70. The van der Waals surface area contributed by atoms with Crippen LogP contribution in [0.25, 0.3) is 0 Å². The first-order valence-electron chi connectivity index (χ1n) is 6.73. The van der Waals surface area contributed by atoms with Gasteiger partial charge in [-0.3, -0.25) is 0 Å². The predicted octanol–water partition coefficient (Wildman–Crippen LogP) is 3.75. The number of hydrogen-bond donors (Lipinski definition) is 2. The summed E-state index contributed by atoms with van der Waals surface area (Å²) in [6.07, 6.45) is 5.94. The minimum atomic E-state index is -0.521. The Bertz CT molecular complexity index is 448. The summed E-state index contributed by atoms with van der Waals surface area (Å²) in [7, 11) is 0. The largest absolute Gasteiger partial charge is 0.381 e. The molecule has 1 saturated carbocycles. The lowest BCUT2D eigenvalue weighted by Gasteiger charge is -2.23. The molecule has 18 heavy (non-hydrogen) atoms. The Labute approximate surface area is 106 Å². The lowest BCUT2D eigenvalue weighted by atomic mass is 9.95. The van der Waals surface area contributed by atoms with Crippen molar-refractivity contribution in [2.75, 3.05) is 17.2 Å². The zero-order valence-electron chi connectivity index (χ0n) is 10.3. The van der Waals surface area contributed by atoms with Gasteiger partial charge in [-0.15, -0.1) is 0 Å². The fraction of sp³-hybridized carbons (Fsp3) is 0.571. The molecule has 0 saturated heterocycles. The van der Waals surface area contributed by atoms with Crippen molar-refractivity contribution in [3.8, 4) is 0 Å². The van der Waals surface area contributed by atoms with E-state index < -0.39 is 11.6 Å². The van der Waals surface area contributed by atoms with E-state index in [1.807, 2.05) is 0 Å². The number of fused-ring (bicyclic) bond motifs is 2. The summed E-state index contributed by atoms with van der Waals surface area (Å²) in [6.45, 7) is 0.771. The topological polar surface area (TPSA) is 24.1 Å². The zero-order valence-corrected chi connectivity index (χ0v) is 10.3. The molecule has 1 aromatic rings. The Morgan fingerprint density at radius 3 is 2.78 bits per heavy atom. The van der Waals surface area contributed by atoms with Gasteiger partial charge in [0.2, 0.25) is 0 Å². The van der Waals surface area contributed by atoms with Gasteiger partial charge < -0.3 is 10.6 Å². The van der Waals surface area contributed by atoms with Gasteiger partial charge in [0, 0.05) is 18.7 Å². The van der Waals surface area contributed by atoms with E-state index in [1.165, 1.54) is 25.3 Å². The van der Waals surface area contributed by atoms with Crippen LogP contribution in [0.4, 0.5) is 20.2 Å². The SMILES string of the molecule is Fc1cc(F)c2c(c1)NC1CCCCCC1CN2. The summed E-state index contributed by atoms with van der Waals surface area (Å²) < 4.78 is 27.0. The second-order valence-corrected chi connectivity index (χ2v) is 5.34. The first-order chi connectivity index (χ1) is 8.74. The van der Waals surface area contributed by atoms with Crippen molar-refractivity contribution in [1.82, 2.24) is 0 Å². The average Bonchev–Trinajstić information content (AvgIpc) is 2.61. The molecule has 0 radical (unpaired) electrons. The van der Waals surface area contributed by atoms with Gasteiger partial charge in [-0.2, -0.15) is 0 Å². The van der Waals surface area contributed by atoms with Crippen LogP contribution >= 0.6 is 0 Å². The van der Waals surface area contributed by atoms with Gasteiger partial charge in [0.25, 0.3) is 0 Å². The summed E-state index contributed by atoms with van der Waals surface area (Å²) >= 11 is 0. The molecule has 4 heteroatoms. The first kappa shape index (κ1) is 11.8. The van der Waals surface area contributed by atoms with Gasteiger partial charge in [0.05, 0.1) is 11.4 Å². The van der Waals surface area contributed by atoms with Gasteiger partial charge in [-0.1, -0.05) is 19.3 Å². The van der Waals surface area contributed by atoms with Crippen LogP contribution in [-0.2, 0) is 0 Å². The van der Waals surface area contributed by atoms with Crippen molar-refractivity contribution in [1.29, 1.82) is 0 Å². The number of rotatable bonds is 0. The molecular formula is C14H18F2N2. The predicted molar refractivity (Wildman–Crippen MR) is 68.8 cm³/mol. The number of nitrogens with one attached hydrogen (secondary N) is 2. The van der Waals surface area contributed by atoms with Crippen LogP contribution in [0.2, 0.25) is 0 Å². The van der Waals surface area contributed by atoms with Crippen LogP contribution < -0.4 is 10.6 Å². The van der Waals surface area contributed by atoms with Gasteiger partial charge >= 0.3 is 0 Å². The van der Waals surface area contributed by atoms with Crippen molar-refractivity contribution in [3.63, 3.8) is 0 Å². The van der Waals surface area contributed by atoms with E-state index in [4.69, 9.17) is 0 Å². The molecular weight excluding hydrogens is 234 g/mol. The molecule has 0 amide bonds. The Morgan fingerprint density at radius 2 is 1.89 bits per heavy atom. The average molecular weight is 252 g/mol. The molecule has 1 aliphatic carbocycles. The molecule has 2 N–H and O–H groups in total. The Balaban J connectivity index is 1.93. The molecule has 1 aliphatic heterocycles. The highest BCUT2D eigenvalue weighted by atomic mass is 19.1. The first-order valence-corrected chi connectivity index (χ1v) is 6.73. The van der Waals surface area contributed by atoms with Gasteiger partial charge in [-0.05, 0) is 24.8 Å². The van der Waals surface area contributed by atoms with Gasteiger partial charge in [0.1, 0.15) is 5.82 Å². The van der Waals surface area contributed by atoms with Crippen LogP contribution in [0.5, 0.6) is 0 Å². The molecule has 0 spiro atoms. The molecule has 0 bridgehead atoms. The Morgan fingerprint density at radius 1 is 1.06 bits per heavy atom. The maximum absolute atomic E-state index is 13.7. The molecule has 2 unspecified atom stereocenters. The van der Waals surface area contributed by atoms with Crippen molar-refractivity contribution < 1.29 is 8.78 Å². The normalized spacial score (nSPS) is 27.0. The Kier molecular flexibility index (Phi) is 3.10. The molecule has 0 aromatic heterocycles. The molecule has 2 atom stereocenters. The van der Waals surface area contributed by atoms with E-state index >= 15 is 0 Å². The zero-order chi connectivity index (χ0) is 12.5. The van der Waals surface area contributed by atoms with Crippen LogP contribution in [-0.4, -0.2) is 12.6 Å². The minimum absolute atomic E-state index is 0.336. The summed E-state index contributed by atoms with van der Waals surface area (Å²) in [4.78, 5) is 0. The molecule has 3 rings (SSSR count). The molecule has 1 heterocycles. The summed E-state index contributed by atoms with van der Waals surface area (Å²) in [6, 6.07) is 2.66. The minimum Gasteiger partial charge on any atom is -0.381 e. The third-order valence-electron chi connectivity index (χ3n) is 4.10. The highest BCUT2D eigenvalue weighted by Crippen LogP contribution is 2.35. The monoisotopic (exact) mass is 252 g/mol.